The van der Waals surface area contributed by atoms with Crippen molar-refractivity contribution in [2.24, 2.45) is 5.41 Å². The standard InChI is InChI=1S/C15H21ClF2N2/c1-15(2,3)14(20-6-4-19-5-7-20)13-11(17)8-10(16)9-12(13)18/h8-9,14,19H,4-7H2,1-3H3/t14-/m0/s1. The van der Waals surface area contributed by atoms with Crippen molar-refractivity contribution in [1.82, 2.24) is 10.2 Å². The van der Waals surface area contributed by atoms with Crippen LogP contribution in [0.15, 0.2) is 12.1 Å². The van der Waals surface area contributed by atoms with E-state index in [0.29, 0.717) is 0 Å². The first-order valence-electron chi connectivity index (χ1n) is 6.90. The molecule has 1 saturated heterocycles. The van der Waals surface area contributed by atoms with Crippen LogP contribution in [0.4, 0.5) is 8.78 Å². The molecule has 1 aliphatic rings. The van der Waals surface area contributed by atoms with Gasteiger partial charge in [-0.05, 0) is 17.5 Å². The minimum absolute atomic E-state index is 0.0942. The predicted molar refractivity (Wildman–Crippen MR) is 78.0 cm³/mol. The Bertz CT molecular complexity index is 456. The van der Waals surface area contributed by atoms with Crippen molar-refractivity contribution in [2.45, 2.75) is 26.8 Å². The number of halogens is 3. The van der Waals surface area contributed by atoms with E-state index in [-0.39, 0.29) is 22.0 Å². The highest BCUT2D eigenvalue weighted by Gasteiger charge is 2.36. The van der Waals surface area contributed by atoms with Crippen LogP contribution in [0.2, 0.25) is 5.02 Å². The van der Waals surface area contributed by atoms with Gasteiger partial charge >= 0.3 is 0 Å². The van der Waals surface area contributed by atoms with Crippen LogP contribution in [0.5, 0.6) is 0 Å². The second kappa shape index (κ2) is 5.96. The highest BCUT2D eigenvalue weighted by atomic mass is 35.5. The first-order valence-corrected chi connectivity index (χ1v) is 7.27. The Kier molecular flexibility index (Phi) is 4.67. The third-order valence-electron chi connectivity index (χ3n) is 3.65. The molecule has 1 aromatic rings. The molecule has 5 heteroatoms. The van der Waals surface area contributed by atoms with Gasteiger partial charge < -0.3 is 5.32 Å². The fourth-order valence-corrected chi connectivity index (χ4v) is 3.11. The molecule has 2 rings (SSSR count). The lowest BCUT2D eigenvalue weighted by Gasteiger charge is -2.42. The van der Waals surface area contributed by atoms with Crippen LogP contribution in [0.25, 0.3) is 0 Å². The highest BCUT2D eigenvalue weighted by Crippen LogP contribution is 2.41. The summed E-state index contributed by atoms with van der Waals surface area (Å²) in [6, 6.07) is 2.09. The molecule has 1 atom stereocenters. The predicted octanol–water partition coefficient (Wildman–Crippen LogP) is 3.61. The van der Waals surface area contributed by atoms with Gasteiger partial charge in [0, 0.05) is 42.8 Å². The topological polar surface area (TPSA) is 15.3 Å². The number of hydrogen-bond donors (Lipinski definition) is 1. The molecule has 1 aliphatic heterocycles. The number of nitrogens with zero attached hydrogens (tertiary/aromatic N) is 1. The number of hydrogen-bond acceptors (Lipinski definition) is 2. The van der Waals surface area contributed by atoms with E-state index >= 15 is 0 Å². The number of nitrogens with one attached hydrogen (secondary N) is 1. The average Bonchev–Trinajstić information content (AvgIpc) is 2.33. The largest absolute Gasteiger partial charge is 0.314 e. The van der Waals surface area contributed by atoms with Gasteiger partial charge in [-0.25, -0.2) is 8.78 Å². The van der Waals surface area contributed by atoms with Gasteiger partial charge in [-0.2, -0.15) is 0 Å². The molecule has 1 fully saturated rings. The first-order chi connectivity index (χ1) is 9.30. The number of benzene rings is 1. The SMILES string of the molecule is CC(C)(C)[C@H](c1c(F)cc(Cl)cc1F)N1CCNCC1. The Morgan fingerprint density at radius 2 is 1.65 bits per heavy atom. The molecule has 0 amide bonds. The van der Waals surface area contributed by atoms with Crippen molar-refractivity contribution in [2.75, 3.05) is 26.2 Å². The summed E-state index contributed by atoms with van der Waals surface area (Å²) in [6.07, 6.45) is 0. The summed E-state index contributed by atoms with van der Waals surface area (Å²) < 4.78 is 28.6. The van der Waals surface area contributed by atoms with Gasteiger partial charge in [0.05, 0.1) is 0 Å². The zero-order valence-corrected chi connectivity index (χ0v) is 12.9. The summed E-state index contributed by atoms with van der Waals surface area (Å²) in [5.74, 6) is -1.12. The van der Waals surface area contributed by atoms with Crippen molar-refractivity contribution < 1.29 is 8.78 Å². The third kappa shape index (κ3) is 3.30. The Morgan fingerprint density at radius 1 is 1.15 bits per heavy atom. The lowest BCUT2D eigenvalue weighted by molar-refractivity contribution is 0.0804. The van der Waals surface area contributed by atoms with Crippen LogP contribution < -0.4 is 5.32 Å². The molecule has 0 aromatic heterocycles. The van der Waals surface area contributed by atoms with Crippen LogP contribution in [-0.4, -0.2) is 31.1 Å². The van der Waals surface area contributed by atoms with E-state index in [1.165, 1.54) is 12.1 Å². The second-order valence-corrected chi connectivity index (χ2v) is 6.77. The Hall–Kier alpha value is -0.710. The van der Waals surface area contributed by atoms with E-state index in [1.807, 2.05) is 20.8 Å². The quantitative estimate of drug-likeness (QED) is 0.898. The second-order valence-electron chi connectivity index (χ2n) is 6.34. The molecule has 112 valence electrons. The Balaban J connectivity index is 2.46. The fourth-order valence-electron chi connectivity index (χ4n) is 2.92. The van der Waals surface area contributed by atoms with Gasteiger partial charge in [-0.3, -0.25) is 4.90 Å². The van der Waals surface area contributed by atoms with Gasteiger partial charge in [0.15, 0.2) is 0 Å². The van der Waals surface area contributed by atoms with Gasteiger partial charge in [-0.15, -0.1) is 0 Å². The fraction of sp³-hybridized carbons (Fsp3) is 0.600. The van der Waals surface area contributed by atoms with Crippen LogP contribution in [0, 0.1) is 17.0 Å². The lowest BCUT2D eigenvalue weighted by atomic mass is 9.80. The minimum atomic E-state index is -0.562. The van der Waals surface area contributed by atoms with E-state index in [1.54, 1.807) is 0 Å². The maximum atomic E-state index is 14.3. The molecule has 0 bridgehead atoms. The zero-order chi connectivity index (χ0) is 14.9. The van der Waals surface area contributed by atoms with Crippen molar-refractivity contribution in [3.8, 4) is 0 Å². The van der Waals surface area contributed by atoms with Gasteiger partial charge in [-0.1, -0.05) is 32.4 Å². The summed E-state index contributed by atoms with van der Waals surface area (Å²) in [4.78, 5) is 2.14. The highest BCUT2D eigenvalue weighted by molar-refractivity contribution is 6.30. The van der Waals surface area contributed by atoms with E-state index in [9.17, 15) is 8.78 Å². The van der Waals surface area contributed by atoms with Crippen molar-refractivity contribution in [3.63, 3.8) is 0 Å². The molecule has 0 radical (unpaired) electrons. The molecular formula is C15H21ClF2N2. The summed E-state index contributed by atoms with van der Waals surface area (Å²) >= 11 is 5.72. The molecule has 0 saturated carbocycles. The van der Waals surface area contributed by atoms with Gasteiger partial charge in [0.1, 0.15) is 11.6 Å². The molecule has 2 nitrogen and oxygen atoms in total. The number of piperazine rings is 1. The van der Waals surface area contributed by atoms with Crippen LogP contribution in [0.1, 0.15) is 32.4 Å². The van der Waals surface area contributed by atoms with Gasteiger partial charge in [0.25, 0.3) is 0 Å². The van der Waals surface area contributed by atoms with E-state index in [0.717, 1.165) is 26.2 Å². The molecule has 1 aromatic carbocycles. The van der Waals surface area contributed by atoms with Gasteiger partial charge in [0.2, 0.25) is 0 Å². The van der Waals surface area contributed by atoms with Crippen LogP contribution >= 0.6 is 11.6 Å². The normalized spacial score (nSPS) is 19.1. The Morgan fingerprint density at radius 3 is 2.10 bits per heavy atom. The average molecular weight is 303 g/mol. The molecule has 1 heterocycles. The monoisotopic (exact) mass is 302 g/mol. The first kappa shape index (κ1) is 15.7. The van der Waals surface area contributed by atoms with Crippen molar-refractivity contribution >= 4 is 11.6 Å². The molecule has 1 N–H and O–H groups in total. The van der Waals surface area contributed by atoms with Crippen molar-refractivity contribution in [3.05, 3.63) is 34.4 Å². The molecule has 0 unspecified atom stereocenters. The molecule has 0 aliphatic carbocycles. The molecular weight excluding hydrogens is 282 g/mol. The smallest absolute Gasteiger partial charge is 0.132 e. The maximum absolute atomic E-state index is 14.3. The van der Waals surface area contributed by atoms with E-state index in [4.69, 9.17) is 11.6 Å². The molecule has 20 heavy (non-hydrogen) atoms. The van der Waals surface area contributed by atoms with Crippen LogP contribution in [-0.2, 0) is 0 Å². The minimum Gasteiger partial charge on any atom is -0.314 e. The zero-order valence-electron chi connectivity index (χ0n) is 12.1. The Labute approximate surface area is 124 Å². The van der Waals surface area contributed by atoms with Crippen molar-refractivity contribution in [1.29, 1.82) is 0 Å². The summed E-state index contributed by atoms with van der Waals surface area (Å²) in [5.41, 5.74) is -0.142. The molecule has 0 spiro atoms. The third-order valence-corrected chi connectivity index (χ3v) is 3.87. The van der Waals surface area contributed by atoms with E-state index < -0.39 is 11.6 Å². The summed E-state index contributed by atoms with van der Waals surface area (Å²) in [7, 11) is 0. The summed E-state index contributed by atoms with van der Waals surface area (Å²) in [5, 5.41) is 3.35. The van der Waals surface area contributed by atoms with Crippen LogP contribution in [0.3, 0.4) is 0 Å². The maximum Gasteiger partial charge on any atom is 0.132 e. The lowest BCUT2D eigenvalue weighted by Crippen LogP contribution is -2.48. The summed E-state index contributed by atoms with van der Waals surface area (Å²) in [6.45, 7) is 9.26. The number of rotatable bonds is 2. The van der Waals surface area contributed by atoms with E-state index in [2.05, 4.69) is 10.2 Å².